The summed E-state index contributed by atoms with van der Waals surface area (Å²) in [6, 6.07) is 5.66. The second kappa shape index (κ2) is 6.36. The highest BCUT2D eigenvalue weighted by Gasteiger charge is 2.12. The van der Waals surface area contributed by atoms with Gasteiger partial charge in [-0.25, -0.2) is 0 Å². The first-order chi connectivity index (χ1) is 9.60. The highest BCUT2D eigenvalue weighted by molar-refractivity contribution is 6.32. The van der Waals surface area contributed by atoms with E-state index < -0.39 is 4.92 Å². The number of non-ortho nitro benzene ring substituents is 1. The number of rotatable bonds is 6. The van der Waals surface area contributed by atoms with Crippen molar-refractivity contribution in [2.45, 2.75) is 13.2 Å². The lowest BCUT2D eigenvalue weighted by molar-refractivity contribution is -0.384. The fourth-order valence-electron chi connectivity index (χ4n) is 1.50. The molecule has 106 valence electrons. The molecule has 0 aliphatic heterocycles. The van der Waals surface area contributed by atoms with E-state index in [9.17, 15) is 10.1 Å². The first-order valence-corrected chi connectivity index (χ1v) is 5.98. The van der Waals surface area contributed by atoms with Gasteiger partial charge in [0.05, 0.1) is 16.0 Å². The summed E-state index contributed by atoms with van der Waals surface area (Å²) in [5.41, 5.74) is 0.448. The first-order valence-electron chi connectivity index (χ1n) is 5.60. The monoisotopic (exact) mass is 298 g/mol. The van der Waals surface area contributed by atoms with Crippen LogP contribution in [0.4, 0.5) is 5.69 Å². The molecule has 0 radical (unpaired) electrons. The molecule has 2 rings (SSSR count). The zero-order valence-corrected chi connectivity index (χ0v) is 11.3. The Kier molecular flexibility index (Phi) is 4.54. The zero-order chi connectivity index (χ0) is 14.5. The molecule has 0 saturated carbocycles. The summed E-state index contributed by atoms with van der Waals surface area (Å²) in [7, 11) is 1.54. The van der Waals surface area contributed by atoms with Gasteiger partial charge in [0.15, 0.2) is 5.76 Å². The fraction of sp³-hybridized carbons (Fsp3) is 0.250. The lowest BCUT2D eigenvalue weighted by Gasteiger charge is -2.05. The lowest BCUT2D eigenvalue weighted by atomic mass is 10.3. The van der Waals surface area contributed by atoms with Crippen LogP contribution < -0.4 is 4.74 Å². The van der Waals surface area contributed by atoms with Crippen molar-refractivity contribution in [3.63, 3.8) is 0 Å². The Balaban J connectivity index is 2.05. The summed E-state index contributed by atoms with van der Waals surface area (Å²) < 4.78 is 15.3. The molecule has 0 fully saturated rings. The molecule has 1 heterocycles. The van der Waals surface area contributed by atoms with Crippen LogP contribution in [0.5, 0.6) is 5.75 Å². The molecule has 8 heteroatoms. The topological polar surface area (TPSA) is 87.6 Å². The van der Waals surface area contributed by atoms with Crippen LogP contribution in [0.3, 0.4) is 0 Å². The molecule has 1 aromatic carbocycles. The maximum absolute atomic E-state index is 10.7. The minimum Gasteiger partial charge on any atom is -0.485 e. The van der Waals surface area contributed by atoms with Gasteiger partial charge in [-0.1, -0.05) is 16.8 Å². The normalized spacial score (nSPS) is 10.5. The second-order valence-electron chi connectivity index (χ2n) is 3.88. The third kappa shape index (κ3) is 3.46. The molecular formula is C12H11ClN2O5. The number of halogens is 1. The van der Waals surface area contributed by atoms with E-state index in [-0.39, 0.29) is 23.1 Å². The second-order valence-corrected chi connectivity index (χ2v) is 4.29. The maximum atomic E-state index is 10.7. The predicted molar refractivity (Wildman–Crippen MR) is 69.7 cm³/mol. The van der Waals surface area contributed by atoms with E-state index in [0.717, 1.165) is 0 Å². The Labute approximate surface area is 119 Å². The smallest absolute Gasteiger partial charge is 0.273 e. The van der Waals surface area contributed by atoms with Gasteiger partial charge in [-0.05, 0) is 6.07 Å². The summed E-state index contributed by atoms with van der Waals surface area (Å²) in [6.45, 7) is 0.401. The number of aromatic nitrogens is 1. The molecule has 0 atom stereocenters. The number of benzene rings is 1. The Morgan fingerprint density at radius 1 is 1.40 bits per heavy atom. The molecule has 2 aromatic rings. The van der Waals surface area contributed by atoms with Crippen molar-refractivity contribution in [3.05, 3.63) is 50.9 Å². The van der Waals surface area contributed by atoms with Crippen LogP contribution in [0.2, 0.25) is 5.02 Å². The Morgan fingerprint density at radius 3 is 2.90 bits per heavy atom. The van der Waals surface area contributed by atoms with E-state index in [0.29, 0.717) is 18.1 Å². The molecule has 1 aromatic heterocycles. The van der Waals surface area contributed by atoms with Crippen molar-refractivity contribution < 1.29 is 18.9 Å². The van der Waals surface area contributed by atoms with Gasteiger partial charge < -0.3 is 14.0 Å². The van der Waals surface area contributed by atoms with E-state index in [1.807, 2.05) is 0 Å². The molecule has 0 aliphatic carbocycles. The van der Waals surface area contributed by atoms with Crippen molar-refractivity contribution in [2.24, 2.45) is 0 Å². The van der Waals surface area contributed by atoms with Gasteiger partial charge in [-0.3, -0.25) is 10.1 Å². The average molecular weight is 299 g/mol. The maximum Gasteiger partial charge on any atom is 0.273 e. The van der Waals surface area contributed by atoms with Gasteiger partial charge in [0.1, 0.15) is 24.7 Å². The predicted octanol–water partition coefficient (Wildman–Crippen LogP) is 2.96. The SMILES string of the molecule is COCc1cc(COc2cc([N+](=O)[O-])ccc2Cl)no1. The largest absolute Gasteiger partial charge is 0.485 e. The van der Waals surface area contributed by atoms with Gasteiger partial charge >= 0.3 is 0 Å². The van der Waals surface area contributed by atoms with Crippen LogP contribution >= 0.6 is 11.6 Å². The van der Waals surface area contributed by atoms with Gasteiger partial charge in [-0.2, -0.15) is 0 Å². The van der Waals surface area contributed by atoms with E-state index in [1.54, 1.807) is 13.2 Å². The minimum absolute atomic E-state index is 0.0914. The Morgan fingerprint density at radius 2 is 2.20 bits per heavy atom. The lowest BCUT2D eigenvalue weighted by Crippen LogP contribution is -1.97. The number of hydrogen-bond acceptors (Lipinski definition) is 6. The molecule has 0 saturated heterocycles. The molecule has 0 spiro atoms. The highest BCUT2D eigenvalue weighted by atomic mass is 35.5. The van der Waals surface area contributed by atoms with Crippen LogP contribution in [-0.4, -0.2) is 17.2 Å². The molecule has 0 bridgehead atoms. The van der Waals surface area contributed by atoms with Crippen LogP contribution in [0, 0.1) is 10.1 Å². The van der Waals surface area contributed by atoms with E-state index in [1.165, 1.54) is 18.2 Å². The summed E-state index contributed by atoms with van der Waals surface area (Å²) in [5.74, 6) is 0.786. The van der Waals surface area contributed by atoms with E-state index in [4.69, 9.17) is 25.6 Å². The molecule has 20 heavy (non-hydrogen) atoms. The standard InChI is InChI=1S/C12H11ClN2O5/c1-18-7-10-4-8(14-20-10)6-19-12-5-9(15(16)17)2-3-11(12)13/h2-5H,6-7H2,1H3. The zero-order valence-electron chi connectivity index (χ0n) is 10.5. The van der Waals surface area contributed by atoms with E-state index in [2.05, 4.69) is 5.16 Å². The average Bonchev–Trinajstić information content (AvgIpc) is 2.86. The number of nitro groups is 1. The molecular weight excluding hydrogens is 288 g/mol. The third-order valence-electron chi connectivity index (χ3n) is 2.40. The van der Waals surface area contributed by atoms with Crippen LogP contribution in [0.25, 0.3) is 0 Å². The summed E-state index contributed by atoms with van der Waals surface area (Å²) >= 11 is 5.91. The van der Waals surface area contributed by atoms with Crippen molar-refractivity contribution in [1.29, 1.82) is 0 Å². The quantitative estimate of drug-likeness (QED) is 0.602. The van der Waals surface area contributed by atoms with Gasteiger partial charge in [0.25, 0.3) is 5.69 Å². The highest BCUT2D eigenvalue weighted by Crippen LogP contribution is 2.29. The third-order valence-corrected chi connectivity index (χ3v) is 2.71. The first kappa shape index (κ1) is 14.3. The van der Waals surface area contributed by atoms with Crippen LogP contribution in [-0.2, 0) is 18.0 Å². The van der Waals surface area contributed by atoms with Crippen molar-refractivity contribution in [3.8, 4) is 5.75 Å². The molecule has 0 amide bonds. The van der Waals surface area contributed by atoms with Crippen molar-refractivity contribution in [1.82, 2.24) is 5.16 Å². The van der Waals surface area contributed by atoms with Crippen molar-refractivity contribution in [2.75, 3.05) is 7.11 Å². The summed E-state index contributed by atoms with van der Waals surface area (Å²) in [4.78, 5) is 10.2. The van der Waals surface area contributed by atoms with Gasteiger partial charge in [0, 0.05) is 19.2 Å². The summed E-state index contributed by atoms with van der Waals surface area (Å²) in [6.07, 6.45) is 0. The van der Waals surface area contributed by atoms with Crippen LogP contribution in [0.1, 0.15) is 11.5 Å². The van der Waals surface area contributed by atoms with Crippen LogP contribution in [0.15, 0.2) is 28.8 Å². The number of hydrogen-bond donors (Lipinski definition) is 0. The number of ether oxygens (including phenoxy) is 2. The van der Waals surface area contributed by atoms with Crippen molar-refractivity contribution >= 4 is 17.3 Å². The minimum atomic E-state index is -0.518. The van der Waals surface area contributed by atoms with Gasteiger partial charge in [-0.15, -0.1) is 0 Å². The van der Waals surface area contributed by atoms with Gasteiger partial charge in [0.2, 0.25) is 0 Å². The molecule has 0 aliphatic rings. The molecule has 7 nitrogen and oxygen atoms in total. The number of methoxy groups -OCH3 is 1. The Bertz CT molecular complexity index is 614. The summed E-state index contributed by atoms with van der Waals surface area (Å²) in [5, 5.41) is 14.7. The number of nitro benzene ring substituents is 1. The Hall–Kier alpha value is -2.12. The molecule has 0 unspecified atom stereocenters. The number of nitrogens with zero attached hydrogens (tertiary/aromatic N) is 2. The fourth-order valence-corrected chi connectivity index (χ4v) is 1.67. The van der Waals surface area contributed by atoms with E-state index >= 15 is 0 Å². The molecule has 0 N–H and O–H groups in total.